The fourth-order valence-electron chi connectivity index (χ4n) is 2.90. The molecular weight excluding hydrogens is 361 g/mol. The lowest BCUT2D eigenvalue weighted by Crippen LogP contribution is -2.14. The third-order valence-electron chi connectivity index (χ3n) is 4.14. The Balaban J connectivity index is 1.94. The molecule has 0 bridgehead atoms. The first-order valence-corrected chi connectivity index (χ1v) is 8.33. The van der Waals surface area contributed by atoms with Crippen LogP contribution in [-0.4, -0.2) is 21.0 Å². The third kappa shape index (κ3) is 3.21. The molecule has 0 aliphatic heterocycles. The highest BCUT2D eigenvalue weighted by Gasteiger charge is 2.19. The van der Waals surface area contributed by atoms with Crippen LogP contribution in [-0.2, 0) is 0 Å². The van der Waals surface area contributed by atoms with Crippen LogP contribution in [0.5, 0.6) is 17.2 Å². The molecule has 0 fully saturated rings. The molecule has 0 atom stereocenters. The van der Waals surface area contributed by atoms with Gasteiger partial charge in [0.05, 0.1) is 11.9 Å². The summed E-state index contributed by atoms with van der Waals surface area (Å²) in [5.74, 6) is -0.687. The van der Waals surface area contributed by atoms with Crippen LogP contribution in [0.1, 0.15) is 10.5 Å². The van der Waals surface area contributed by atoms with Gasteiger partial charge in [0, 0.05) is 22.5 Å². The summed E-state index contributed by atoms with van der Waals surface area (Å²) in [6.45, 7) is 0. The number of para-hydroxylation sites is 1. The molecule has 1 amide bonds. The van der Waals surface area contributed by atoms with Crippen molar-refractivity contribution in [2.24, 2.45) is 5.73 Å². The number of amides is 1. The number of benzene rings is 2. The Hall–Kier alpha value is -4.00. The number of fused-ring (bicyclic) bond motifs is 1. The Labute approximate surface area is 159 Å². The summed E-state index contributed by atoms with van der Waals surface area (Å²) in [5, 5.41) is 11.2. The van der Waals surface area contributed by atoms with Gasteiger partial charge in [0.1, 0.15) is 17.3 Å². The number of primary amides is 1. The molecule has 3 N–H and O–H groups in total. The van der Waals surface area contributed by atoms with E-state index >= 15 is 0 Å². The number of aromatic hydroxyl groups is 1. The molecule has 2 heterocycles. The molecule has 0 unspecified atom stereocenters. The Kier molecular flexibility index (Phi) is 4.33. The smallest absolute Gasteiger partial charge is 0.271 e. The van der Waals surface area contributed by atoms with E-state index in [1.165, 1.54) is 12.3 Å². The van der Waals surface area contributed by atoms with Crippen molar-refractivity contribution in [1.82, 2.24) is 9.97 Å². The lowest BCUT2D eigenvalue weighted by Gasteiger charge is -2.13. The predicted octanol–water partition coefficient (Wildman–Crippen LogP) is 4.03. The minimum absolute atomic E-state index is 0.257. The molecule has 138 valence electrons. The fraction of sp³-hybridized carbons (Fsp3) is 0. The largest absolute Gasteiger partial charge is 0.505 e. The van der Waals surface area contributed by atoms with E-state index in [-0.39, 0.29) is 17.1 Å². The molecule has 0 saturated carbocycles. The summed E-state index contributed by atoms with van der Waals surface area (Å²) in [4.78, 5) is 19.7. The molecule has 2 aromatic heterocycles. The summed E-state index contributed by atoms with van der Waals surface area (Å²) in [7, 11) is 0. The quantitative estimate of drug-likeness (QED) is 0.561. The van der Waals surface area contributed by atoms with Gasteiger partial charge in [0.25, 0.3) is 5.91 Å². The molecular formula is C21H14FN3O3. The molecule has 2 aromatic carbocycles. The van der Waals surface area contributed by atoms with E-state index in [4.69, 9.17) is 10.5 Å². The fourth-order valence-corrected chi connectivity index (χ4v) is 2.90. The van der Waals surface area contributed by atoms with E-state index < -0.39 is 11.7 Å². The average molecular weight is 375 g/mol. The van der Waals surface area contributed by atoms with E-state index in [0.29, 0.717) is 27.8 Å². The van der Waals surface area contributed by atoms with Crippen molar-refractivity contribution in [1.29, 1.82) is 0 Å². The molecule has 0 saturated heterocycles. The van der Waals surface area contributed by atoms with E-state index in [0.717, 1.165) is 6.20 Å². The maximum atomic E-state index is 13.7. The van der Waals surface area contributed by atoms with Gasteiger partial charge in [-0.25, -0.2) is 9.37 Å². The van der Waals surface area contributed by atoms with Gasteiger partial charge in [-0.1, -0.05) is 18.2 Å². The normalized spacial score (nSPS) is 10.8. The maximum absolute atomic E-state index is 13.7. The first-order valence-electron chi connectivity index (χ1n) is 8.33. The SMILES string of the molecule is NC(=O)c1nc(-c2cncc(F)c2)c2cc(Oc3ccccc3)ccc2c1O. The second-order valence-corrected chi connectivity index (χ2v) is 6.04. The topological polar surface area (TPSA) is 98.3 Å². The van der Waals surface area contributed by atoms with Crippen LogP contribution in [0.4, 0.5) is 4.39 Å². The molecule has 7 heteroatoms. The monoisotopic (exact) mass is 375 g/mol. The van der Waals surface area contributed by atoms with Crippen LogP contribution in [0.25, 0.3) is 22.0 Å². The third-order valence-corrected chi connectivity index (χ3v) is 4.14. The van der Waals surface area contributed by atoms with Gasteiger partial charge in [0.15, 0.2) is 11.4 Å². The molecule has 0 spiro atoms. The van der Waals surface area contributed by atoms with Crippen LogP contribution in [0.2, 0.25) is 0 Å². The van der Waals surface area contributed by atoms with Crippen LogP contribution in [0.15, 0.2) is 67.0 Å². The molecule has 4 aromatic rings. The van der Waals surface area contributed by atoms with Crippen LogP contribution in [0.3, 0.4) is 0 Å². The zero-order valence-electron chi connectivity index (χ0n) is 14.5. The Morgan fingerprint density at radius 1 is 1.00 bits per heavy atom. The number of pyridine rings is 2. The molecule has 0 aliphatic rings. The number of ether oxygens (including phenoxy) is 1. The highest BCUT2D eigenvalue weighted by atomic mass is 19.1. The van der Waals surface area contributed by atoms with Gasteiger partial charge in [-0.2, -0.15) is 0 Å². The second-order valence-electron chi connectivity index (χ2n) is 6.04. The Morgan fingerprint density at radius 3 is 2.50 bits per heavy atom. The van der Waals surface area contributed by atoms with Crippen LogP contribution >= 0.6 is 0 Å². The van der Waals surface area contributed by atoms with E-state index in [2.05, 4.69) is 9.97 Å². The molecule has 0 aliphatic carbocycles. The number of hydrogen-bond donors (Lipinski definition) is 2. The molecule has 28 heavy (non-hydrogen) atoms. The number of nitrogens with two attached hydrogens (primary N) is 1. The maximum Gasteiger partial charge on any atom is 0.271 e. The van der Waals surface area contributed by atoms with Crippen molar-refractivity contribution in [3.05, 3.63) is 78.5 Å². The molecule has 4 rings (SSSR count). The van der Waals surface area contributed by atoms with Crippen LogP contribution in [0, 0.1) is 5.82 Å². The van der Waals surface area contributed by atoms with Gasteiger partial charge in [-0.05, 0) is 36.4 Å². The van der Waals surface area contributed by atoms with Crippen molar-refractivity contribution < 1.29 is 19.0 Å². The number of rotatable bonds is 4. The number of nitrogens with zero attached hydrogens (tertiary/aromatic N) is 2. The first kappa shape index (κ1) is 17.4. The summed E-state index contributed by atoms with van der Waals surface area (Å²) in [5.41, 5.74) is 5.63. The highest BCUT2D eigenvalue weighted by Crippen LogP contribution is 2.37. The number of halogens is 1. The average Bonchev–Trinajstić information content (AvgIpc) is 2.69. The van der Waals surface area contributed by atoms with Gasteiger partial charge >= 0.3 is 0 Å². The van der Waals surface area contributed by atoms with Gasteiger partial charge < -0.3 is 15.6 Å². The number of carbonyl (C=O) groups excluding carboxylic acids is 1. The minimum Gasteiger partial charge on any atom is -0.505 e. The Morgan fingerprint density at radius 2 is 1.79 bits per heavy atom. The zero-order chi connectivity index (χ0) is 19.7. The molecule has 6 nitrogen and oxygen atoms in total. The summed E-state index contributed by atoms with van der Waals surface area (Å²) in [6, 6.07) is 15.3. The first-order chi connectivity index (χ1) is 13.5. The van der Waals surface area contributed by atoms with Crippen molar-refractivity contribution in [2.75, 3.05) is 0 Å². The van der Waals surface area contributed by atoms with E-state index in [1.54, 1.807) is 30.3 Å². The van der Waals surface area contributed by atoms with Crippen molar-refractivity contribution in [2.45, 2.75) is 0 Å². The van der Waals surface area contributed by atoms with Gasteiger partial charge in [0.2, 0.25) is 0 Å². The standard InChI is InChI=1S/C21H14FN3O3/c22-13-8-12(10-24-11-13)18-17-9-15(28-14-4-2-1-3-5-14)6-7-16(17)20(26)19(25-18)21(23)27/h1-11,26H,(H2,23,27). The predicted molar refractivity (Wildman–Crippen MR) is 102 cm³/mol. The second kappa shape index (κ2) is 6.96. The van der Waals surface area contributed by atoms with Crippen molar-refractivity contribution in [3.8, 4) is 28.5 Å². The number of aromatic nitrogens is 2. The Bertz CT molecular complexity index is 1200. The van der Waals surface area contributed by atoms with Crippen molar-refractivity contribution in [3.63, 3.8) is 0 Å². The van der Waals surface area contributed by atoms with E-state index in [1.807, 2.05) is 18.2 Å². The molecule has 0 radical (unpaired) electrons. The lowest BCUT2D eigenvalue weighted by atomic mass is 10.0. The number of hydrogen-bond acceptors (Lipinski definition) is 5. The number of carbonyl (C=O) groups is 1. The lowest BCUT2D eigenvalue weighted by molar-refractivity contribution is 0.0993. The minimum atomic E-state index is -0.894. The van der Waals surface area contributed by atoms with Gasteiger partial charge in [-0.3, -0.25) is 9.78 Å². The van der Waals surface area contributed by atoms with E-state index in [9.17, 15) is 14.3 Å². The highest BCUT2D eigenvalue weighted by molar-refractivity contribution is 6.06. The summed E-state index contributed by atoms with van der Waals surface area (Å²) < 4.78 is 19.5. The summed E-state index contributed by atoms with van der Waals surface area (Å²) in [6.07, 6.45) is 2.47. The zero-order valence-corrected chi connectivity index (χ0v) is 14.5. The van der Waals surface area contributed by atoms with Gasteiger partial charge in [-0.15, -0.1) is 0 Å². The van der Waals surface area contributed by atoms with Crippen LogP contribution < -0.4 is 10.5 Å². The summed E-state index contributed by atoms with van der Waals surface area (Å²) >= 11 is 0. The van der Waals surface area contributed by atoms with Crippen molar-refractivity contribution >= 4 is 16.7 Å².